The van der Waals surface area contributed by atoms with Gasteiger partial charge in [-0.15, -0.1) is 5.10 Å². The lowest BCUT2D eigenvalue weighted by atomic mass is 9.86. The molecule has 8 nitrogen and oxygen atoms in total. The SMILES string of the molecule is CC1CCCCC1NC(=O)NC(=O)COc1nnc(-c2ccccc2)o1. The third kappa shape index (κ3) is 4.81. The van der Waals surface area contributed by atoms with Gasteiger partial charge in [-0.1, -0.05) is 43.1 Å². The van der Waals surface area contributed by atoms with Crippen LogP contribution in [0.1, 0.15) is 32.6 Å². The van der Waals surface area contributed by atoms with Gasteiger partial charge in [-0.25, -0.2) is 4.79 Å². The predicted octanol–water partition coefficient (Wildman–Crippen LogP) is 2.52. The Labute approximate surface area is 151 Å². The number of imide groups is 1. The first-order chi connectivity index (χ1) is 12.6. The number of nitrogens with zero attached hydrogens (tertiary/aromatic N) is 2. The van der Waals surface area contributed by atoms with Crippen molar-refractivity contribution < 1.29 is 18.7 Å². The lowest BCUT2D eigenvalue weighted by Crippen LogP contribution is -2.48. The van der Waals surface area contributed by atoms with Crippen molar-refractivity contribution in [2.24, 2.45) is 5.92 Å². The molecule has 8 heteroatoms. The van der Waals surface area contributed by atoms with E-state index in [1.54, 1.807) is 0 Å². The summed E-state index contributed by atoms with van der Waals surface area (Å²) in [6.45, 7) is 1.72. The minimum atomic E-state index is -0.578. The molecule has 1 heterocycles. The van der Waals surface area contributed by atoms with Crippen LogP contribution in [0.15, 0.2) is 34.7 Å². The Morgan fingerprint density at radius 1 is 1.19 bits per heavy atom. The Morgan fingerprint density at radius 2 is 1.96 bits per heavy atom. The number of rotatable bonds is 5. The molecule has 2 unspecified atom stereocenters. The van der Waals surface area contributed by atoms with E-state index in [-0.39, 0.29) is 18.7 Å². The van der Waals surface area contributed by atoms with Gasteiger partial charge in [0, 0.05) is 11.6 Å². The fourth-order valence-corrected chi connectivity index (χ4v) is 2.99. The molecule has 3 rings (SSSR count). The Balaban J connectivity index is 1.44. The normalized spacial score (nSPS) is 19.6. The molecule has 1 aliphatic carbocycles. The summed E-state index contributed by atoms with van der Waals surface area (Å²) < 4.78 is 10.5. The minimum absolute atomic E-state index is 0.0989. The fourth-order valence-electron chi connectivity index (χ4n) is 2.99. The first kappa shape index (κ1) is 17.9. The van der Waals surface area contributed by atoms with Crippen LogP contribution in [0.3, 0.4) is 0 Å². The van der Waals surface area contributed by atoms with Gasteiger partial charge in [0.2, 0.25) is 0 Å². The van der Waals surface area contributed by atoms with Crippen molar-refractivity contribution in [1.29, 1.82) is 0 Å². The van der Waals surface area contributed by atoms with Gasteiger partial charge in [0.25, 0.3) is 11.8 Å². The summed E-state index contributed by atoms with van der Waals surface area (Å²) in [6.07, 6.45) is 4.17. The van der Waals surface area contributed by atoms with E-state index in [0.29, 0.717) is 11.8 Å². The molecule has 0 spiro atoms. The first-order valence-electron chi connectivity index (χ1n) is 8.74. The number of aromatic nitrogens is 2. The summed E-state index contributed by atoms with van der Waals surface area (Å²) in [5.41, 5.74) is 0.750. The van der Waals surface area contributed by atoms with Crippen molar-refractivity contribution >= 4 is 11.9 Å². The summed E-state index contributed by atoms with van der Waals surface area (Å²) >= 11 is 0. The average molecular weight is 358 g/mol. The quantitative estimate of drug-likeness (QED) is 0.851. The molecule has 3 amide bonds. The molecule has 2 aromatic rings. The third-order valence-corrected chi connectivity index (χ3v) is 4.43. The molecule has 1 saturated carbocycles. The van der Waals surface area contributed by atoms with E-state index in [0.717, 1.165) is 24.8 Å². The molecule has 0 radical (unpaired) electrons. The molecule has 1 aromatic carbocycles. The van der Waals surface area contributed by atoms with E-state index in [9.17, 15) is 9.59 Å². The van der Waals surface area contributed by atoms with Crippen LogP contribution >= 0.6 is 0 Å². The largest absolute Gasteiger partial charge is 0.439 e. The van der Waals surface area contributed by atoms with E-state index >= 15 is 0 Å². The maximum atomic E-state index is 11.9. The number of nitrogens with one attached hydrogen (secondary N) is 2. The number of ether oxygens (including phenoxy) is 1. The summed E-state index contributed by atoms with van der Waals surface area (Å²) in [5, 5.41) is 12.7. The van der Waals surface area contributed by atoms with Crippen LogP contribution in [0.5, 0.6) is 6.08 Å². The van der Waals surface area contributed by atoms with Gasteiger partial charge < -0.3 is 14.5 Å². The van der Waals surface area contributed by atoms with Crippen molar-refractivity contribution in [3.05, 3.63) is 30.3 Å². The molecule has 1 aliphatic rings. The van der Waals surface area contributed by atoms with Gasteiger partial charge in [0.15, 0.2) is 6.61 Å². The minimum Gasteiger partial charge on any atom is -0.439 e. The molecule has 2 N–H and O–H groups in total. The lowest BCUT2D eigenvalue weighted by molar-refractivity contribution is -0.122. The highest BCUT2D eigenvalue weighted by molar-refractivity contribution is 5.95. The van der Waals surface area contributed by atoms with Crippen LogP contribution in [0.25, 0.3) is 11.5 Å². The van der Waals surface area contributed by atoms with Crippen molar-refractivity contribution in [2.75, 3.05) is 6.61 Å². The van der Waals surface area contributed by atoms with Crippen LogP contribution in [0.2, 0.25) is 0 Å². The highest BCUT2D eigenvalue weighted by Gasteiger charge is 2.23. The second kappa shape index (κ2) is 8.46. The van der Waals surface area contributed by atoms with Gasteiger partial charge in [-0.2, -0.15) is 0 Å². The van der Waals surface area contributed by atoms with Crippen LogP contribution in [-0.2, 0) is 4.79 Å². The zero-order chi connectivity index (χ0) is 18.4. The number of hydrogen-bond acceptors (Lipinski definition) is 6. The van der Waals surface area contributed by atoms with E-state index < -0.39 is 11.9 Å². The van der Waals surface area contributed by atoms with Crippen molar-refractivity contribution in [3.63, 3.8) is 0 Å². The monoisotopic (exact) mass is 358 g/mol. The summed E-state index contributed by atoms with van der Waals surface area (Å²) in [5.74, 6) is 0.131. The van der Waals surface area contributed by atoms with E-state index in [2.05, 4.69) is 27.8 Å². The van der Waals surface area contributed by atoms with Crippen molar-refractivity contribution in [3.8, 4) is 17.5 Å². The molecular formula is C18H22N4O4. The topological polar surface area (TPSA) is 106 Å². The standard InChI is InChI=1S/C18H22N4O4/c1-12-7-5-6-10-14(12)19-17(24)20-15(23)11-25-18-22-21-16(26-18)13-8-3-2-4-9-13/h2-4,8-9,12,14H,5-7,10-11H2,1H3,(H2,19,20,23,24). The first-order valence-corrected chi connectivity index (χ1v) is 8.74. The van der Waals surface area contributed by atoms with Crippen LogP contribution in [0.4, 0.5) is 4.79 Å². The number of carbonyl (C=O) groups excluding carboxylic acids is 2. The predicted molar refractivity (Wildman–Crippen MR) is 93.3 cm³/mol. The number of urea groups is 1. The van der Waals surface area contributed by atoms with Gasteiger partial charge in [0.1, 0.15) is 0 Å². The molecule has 0 saturated heterocycles. The van der Waals surface area contributed by atoms with Gasteiger partial charge >= 0.3 is 12.1 Å². The van der Waals surface area contributed by atoms with Crippen molar-refractivity contribution in [2.45, 2.75) is 38.6 Å². The zero-order valence-electron chi connectivity index (χ0n) is 14.6. The Morgan fingerprint density at radius 3 is 2.73 bits per heavy atom. The number of hydrogen-bond donors (Lipinski definition) is 2. The smallest absolute Gasteiger partial charge is 0.415 e. The molecule has 0 bridgehead atoms. The molecule has 0 aliphatic heterocycles. The molecular weight excluding hydrogens is 336 g/mol. The van der Waals surface area contributed by atoms with Crippen LogP contribution in [-0.4, -0.2) is 34.8 Å². The number of amides is 3. The molecule has 1 aromatic heterocycles. The Hall–Kier alpha value is -2.90. The van der Waals surface area contributed by atoms with E-state index in [1.807, 2.05) is 30.3 Å². The lowest BCUT2D eigenvalue weighted by Gasteiger charge is -2.29. The van der Waals surface area contributed by atoms with Crippen molar-refractivity contribution in [1.82, 2.24) is 20.8 Å². The summed E-state index contributed by atoms with van der Waals surface area (Å²) in [6, 6.07) is 8.80. The highest BCUT2D eigenvalue weighted by atomic mass is 16.6. The van der Waals surface area contributed by atoms with Gasteiger partial charge in [0.05, 0.1) is 0 Å². The van der Waals surface area contributed by atoms with E-state index in [1.165, 1.54) is 6.42 Å². The average Bonchev–Trinajstić information content (AvgIpc) is 3.12. The second-order valence-electron chi connectivity index (χ2n) is 6.42. The third-order valence-electron chi connectivity index (χ3n) is 4.43. The summed E-state index contributed by atoms with van der Waals surface area (Å²) in [7, 11) is 0. The van der Waals surface area contributed by atoms with Crippen LogP contribution in [0, 0.1) is 5.92 Å². The fraction of sp³-hybridized carbons (Fsp3) is 0.444. The second-order valence-corrected chi connectivity index (χ2v) is 6.42. The molecule has 2 atom stereocenters. The van der Waals surface area contributed by atoms with Crippen LogP contribution < -0.4 is 15.4 Å². The molecule has 26 heavy (non-hydrogen) atoms. The molecule has 1 fully saturated rings. The number of benzene rings is 1. The highest BCUT2D eigenvalue weighted by Crippen LogP contribution is 2.23. The van der Waals surface area contributed by atoms with E-state index in [4.69, 9.17) is 9.15 Å². The zero-order valence-corrected chi connectivity index (χ0v) is 14.6. The molecule has 138 valence electrons. The Bertz CT molecular complexity index is 747. The van der Waals surface area contributed by atoms with Gasteiger partial charge in [-0.3, -0.25) is 10.1 Å². The number of carbonyl (C=O) groups is 2. The maximum absolute atomic E-state index is 11.9. The Kier molecular flexibility index (Phi) is 5.83. The maximum Gasteiger partial charge on any atom is 0.415 e. The van der Waals surface area contributed by atoms with Gasteiger partial charge in [-0.05, 0) is 30.9 Å². The summed E-state index contributed by atoms with van der Waals surface area (Å²) in [4.78, 5) is 23.8.